The molecule has 0 radical (unpaired) electrons. The molecular formula is C13H22O2. The van der Waals surface area contributed by atoms with Crippen LogP contribution in [0.25, 0.3) is 0 Å². The topological polar surface area (TPSA) is 34.1 Å². The third-order valence-corrected chi connectivity index (χ3v) is 3.54. The summed E-state index contributed by atoms with van der Waals surface area (Å²) in [6.07, 6.45) is 4.93. The first-order chi connectivity index (χ1) is 6.77. The van der Waals surface area contributed by atoms with Crippen molar-refractivity contribution in [3.8, 4) is 0 Å². The zero-order chi connectivity index (χ0) is 11.7. The maximum Gasteiger partial charge on any atom is 0.204 e. The molecule has 0 amide bonds. The van der Waals surface area contributed by atoms with Gasteiger partial charge in [-0.1, -0.05) is 47.0 Å². The fourth-order valence-corrected chi connectivity index (χ4v) is 2.15. The highest BCUT2D eigenvalue weighted by molar-refractivity contribution is 6.40. The van der Waals surface area contributed by atoms with Gasteiger partial charge in [-0.25, -0.2) is 0 Å². The molecule has 1 fully saturated rings. The highest BCUT2D eigenvalue weighted by Gasteiger charge is 2.40. The summed E-state index contributed by atoms with van der Waals surface area (Å²) in [5.74, 6) is -0.344. The molecule has 0 aromatic carbocycles. The van der Waals surface area contributed by atoms with Crippen LogP contribution in [0.15, 0.2) is 0 Å². The Morgan fingerprint density at radius 2 is 1.07 bits per heavy atom. The molecule has 0 unspecified atom stereocenters. The molecule has 1 saturated carbocycles. The summed E-state index contributed by atoms with van der Waals surface area (Å²) in [4.78, 5) is 24.1. The Bertz CT molecular complexity index is 246. The fraction of sp³-hybridized carbons (Fsp3) is 0.846. The van der Waals surface area contributed by atoms with Crippen molar-refractivity contribution in [1.82, 2.24) is 0 Å². The zero-order valence-electron chi connectivity index (χ0n) is 10.4. The average molecular weight is 210 g/mol. The molecule has 0 spiro atoms. The Morgan fingerprint density at radius 1 is 0.733 bits per heavy atom. The summed E-state index contributed by atoms with van der Waals surface area (Å²) in [5, 5.41) is 0. The van der Waals surface area contributed by atoms with Crippen molar-refractivity contribution in [2.24, 2.45) is 10.8 Å². The molecule has 0 aromatic heterocycles. The minimum absolute atomic E-state index is 0.172. The van der Waals surface area contributed by atoms with Crippen molar-refractivity contribution in [1.29, 1.82) is 0 Å². The van der Waals surface area contributed by atoms with Crippen LogP contribution in [-0.2, 0) is 9.59 Å². The number of carbonyl (C=O) groups excluding carboxylic acids is 2. The summed E-state index contributed by atoms with van der Waals surface area (Å²) in [5.41, 5.74) is -0.919. The van der Waals surface area contributed by atoms with Crippen LogP contribution in [0.3, 0.4) is 0 Å². The average Bonchev–Trinajstić information content (AvgIpc) is 2.15. The van der Waals surface area contributed by atoms with Crippen LogP contribution in [0.5, 0.6) is 0 Å². The van der Waals surface area contributed by atoms with Crippen molar-refractivity contribution in [2.75, 3.05) is 0 Å². The van der Waals surface area contributed by atoms with Crippen molar-refractivity contribution >= 4 is 11.6 Å². The van der Waals surface area contributed by atoms with E-state index >= 15 is 0 Å². The normalized spacial score (nSPS) is 26.7. The Morgan fingerprint density at radius 3 is 1.40 bits per heavy atom. The lowest BCUT2D eigenvalue weighted by atomic mass is 9.74. The third-order valence-electron chi connectivity index (χ3n) is 3.54. The van der Waals surface area contributed by atoms with Crippen LogP contribution in [0, 0.1) is 10.8 Å². The maximum atomic E-state index is 12.0. The lowest BCUT2D eigenvalue weighted by Crippen LogP contribution is -2.39. The van der Waals surface area contributed by atoms with Crippen molar-refractivity contribution in [3.63, 3.8) is 0 Å². The van der Waals surface area contributed by atoms with E-state index in [2.05, 4.69) is 0 Å². The van der Waals surface area contributed by atoms with Crippen LogP contribution < -0.4 is 0 Å². The molecule has 86 valence electrons. The first-order valence-corrected chi connectivity index (χ1v) is 5.87. The highest BCUT2D eigenvalue weighted by Crippen LogP contribution is 2.34. The van der Waals surface area contributed by atoms with Gasteiger partial charge in [0.05, 0.1) is 0 Å². The van der Waals surface area contributed by atoms with Gasteiger partial charge in [0.25, 0.3) is 0 Å². The predicted octanol–water partition coefficient (Wildman–Crippen LogP) is 3.14. The summed E-state index contributed by atoms with van der Waals surface area (Å²) >= 11 is 0. The van der Waals surface area contributed by atoms with Crippen molar-refractivity contribution in [2.45, 2.75) is 59.8 Å². The van der Waals surface area contributed by atoms with E-state index in [1.165, 1.54) is 0 Å². The smallest absolute Gasteiger partial charge is 0.204 e. The van der Waals surface area contributed by atoms with E-state index in [0.29, 0.717) is 0 Å². The van der Waals surface area contributed by atoms with E-state index in [1.807, 2.05) is 27.7 Å². The molecule has 0 heterocycles. The van der Waals surface area contributed by atoms with Crippen LogP contribution in [-0.4, -0.2) is 11.6 Å². The molecule has 0 aromatic rings. The van der Waals surface area contributed by atoms with Gasteiger partial charge in [0.15, 0.2) is 0 Å². The predicted molar refractivity (Wildman–Crippen MR) is 60.7 cm³/mol. The second-order valence-electron chi connectivity index (χ2n) is 5.99. The van der Waals surface area contributed by atoms with Gasteiger partial charge in [0, 0.05) is 10.8 Å². The SMILES string of the molecule is CC1(C)CCCCCC(C)(C)C(=O)C1=O. The molecule has 1 rings (SSSR count). The van der Waals surface area contributed by atoms with Crippen molar-refractivity contribution < 1.29 is 9.59 Å². The molecule has 15 heavy (non-hydrogen) atoms. The largest absolute Gasteiger partial charge is 0.290 e. The molecule has 0 atom stereocenters. The quantitative estimate of drug-likeness (QED) is 0.576. The maximum absolute atomic E-state index is 12.0. The van der Waals surface area contributed by atoms with Crippen LogP contribution in [0.4, 0.5) is 0 Å². The van der Waals surface area contributed by atoms with Gasteiger partial charge in [-0.05, 0) is 12.8 Å². The van der Waals surface area contributed by atoms with Gasteiger partial charge in [0.1, 0.15) is 0 Å². The monoisotopic (exact) mass is 210 g/mol. The molecule has 2 heteroatoms. The Labute approximate surface area is 92.4 Å². The highest BCUT2D eigenvalue weighted by atomic mass is 16.2. The van der Waals surface area contributed by atoms with Gasteiger partial charge >= 0.3 is 0 Å². The molecule has 0 N–H and O–H groups in total. The summed E-state index contributed by atoms with van der Waals surface area (Å²) in [7, 11) is 0. The summed E-state index contributed by atoms with van der Waals surface area (Å²) in [6.45, 7) is 7.59. The van der Waals surface area contributed by atoms with E-state index < -0.39 is 10.8 Å². The molecular weight excluding hydrogens is 188 g/mol. The zero-order valence-corrected chi connectivity index (χ0v) is 10.4. The minimum Gasteiger partial charge on any atom is -0.290 e. The Hall–Kier alpha value is -0.660. The van der Waals surface area contributed by atoms with Gasteiger partial charge in [0.2, 0.25) is 11.6 Å². The number of hydrogen-bond donors (Lipinski definition) is 0. The lowest BCUT2D eigenvalue weighted by Gasteiger charge is -2.26. The van der Waals surface area contributed by atoms with Gasteiger partial charge in [-0.3, -0.25) is 9.59 Å². The number of ketones is 2. The number of rotatable bonds is 0. The Kier molecular flexibility index (Phi) is 3.37. The standard InChI is InChI=1S/C13H22O2/c1-12(2)8-6-5-7-9-13(3,4)11(15)10(12)14/h5-9H2,1-4H3. The van der Waals surface area contributed by atoms with E-state index in [9.17, 15) is 9.59 Å². The molecule has 2 nitrogen and oxygen atoms in total. The molecule has 0 saturated heterocycles. The molecule has 0 bridgehead atoms. The summed E-state index contributed by atoms with van der Waals surface area (Å²) < 4.78 is 0. The van der Waals surface area contributed by atoms with Crippen LogP contribution in [0.2, 0.25) is 0 Å². The van der Waals surface area contributed by atoms with Crippen LogP contribution in [0.1, 0.15) is 59.8 Å². The Balaban J connectivity index is 2.97. The van der Waals surface area contributed by atoms with Gasteiger partial charge in [-0.15, -0.1) is 0 Å². The molecule has 1 aliphatic rings. The third kappa shape index (κ3) is 2.67. The fourth-order valence-electron chi connectivity index (χ4n) is 2.15. The first kappa shape index (κ1) is 12.4. The van der Waals surface area contributed by atoms with Gasteiger partial charge < -0.3 is 0 Å². The molecule has 0 aliphatic heterocycles. The van der Waals surface area contributed by atoms with Gasteiger partial charge in [-0.2, -0.15) is 0 Å². The number of carbonyl (C=O) groups is 2. The van der Waals surface area contributed by atoms with E-state index in [0.717, 1.165) is 32.1 Å². The number of hydrogen-bond acceptors (Lipinski definition) is 2. The minimum atomic E-state index is -0.460. The van der Waals surface area contributed by atoms with E-state index in [4.69, 9.17) is 0 Å². The van der Waals surface area contributed by atoms with E-state index in [1.54, 1.807) is 0 Å². The van der Waals surface area contributed by atoms with Crippen molar-refractivity contribution in [3.05, 3.63) is 0 Å². The number of Topliss-reactive ketones (excluding diaryl/α,β-unsaturated/α-hetero) is 2. The second kappa shape index (κ2) is 4.07. The van der Waals surface area contributed by atoms with Crippen LogP contribution >= 0.6 is 0 Å². The molecule has 1 aliphatic carbocycles. The van der Waals surface area contributed by atoms with E-state index in [-0.39, 0.29) is 11.6 Å². The summed E-state index contributed by atoms with van der Waals surface area (Å²) in [6, 6.07) is 0. The first-order valence-electron chi connectivity index (χ1n) is 5.87. The second-order valence-corrected chi connectivity index (χ2v) is 5.99. The lowest BCUT2D eigenvalue weighted by molar-refractivity contribution is -0.146.